The Hall–Kier alpha value is -2.70. The van der Waals surface area contributed by atoms with Crippen LogP contribution in [0.5, 0.6) is 11.5 Å². The molecule has 0 unspecified atom stereocenters. The van der Waals surface area contributed by atoms with Crippen LogP contribution in [-0.4, -0.2) is 42.5 Å². The van der Waals surface area contributed by atoms with Crippen molar-refractivity contribution in [1.82, 2.24) is 5.32 Å². The maximum atomic E-state index is 11.6. The quantitative estimate of drug-likeness (QED) is 0.747. The molecule has 0 bridgehead atoms. The molecule has 0 aliphatic rings. The molecule has 0 aromatic heterocycles. The number of para-hydroxylation sites is 1. The molecule has 1 aromatic carbocycles. The van der Waals surface area contributed by atoms with E-state index in [2.05, 4.69) is 5.32 Å². The minimum atomic E-state index is -1.08. The van der Waals surface area contributed by atoms with E-state index in [0.29, 0.717) is 23.7 Å². The molecule has 7 heteroatoms. The number of carbonyl (C=O) groups is 2. The van der Waals surface area contributed by atoms with Crippen LogP contribution in [-0.2, 0) is 9.53 Å². The van der Waals surface area contributed by atoms with Crippen molar-refractivity contribution in [3.05, 3.63) is 29.8 Å². The molecule has 0 saturated heterocycles. The number of benzene rings is 1. The highest BCUT2D eigenvalue weighted by Crippen LogP contribution is 2.32. The fourth-order valence-corrected chi connectivity index (χ4v) is 1.86. The summed E-state index contributed by atoms with van der Waals surface area (Å²) in [7, 11) is 0. The lowest BCUT2D eigenvalue weighted by Gasteiger charge is -2.19. The number of carboxylic acids is 1. The van der Waals surface area contributed by atoms with Crippen molar-refractivity contribution in [2.24, 2.45) is 0 Å². The average molecular weight is 351 g/mol. The molecule has 1 aromatic rings. The Morgan fingerprint density at radius 3 is 2.56 bits per heavy atom. The Labute approximate surface area is 147 Å². The van der Waals surface area contributed by atoms with Crippen LogP contribution in [0.4, 0.5) is 4.79 Å². The predicted octanol–water partition coefficient (Wildman–Crippen LogP) is 3.09. The SMILES string of the molecule is CCOc1cccc(C=CCNC(=O)OC(C)(C)C)c1OCC(=O)O. The van der Waals surface area contributed by atoms with Gasteiger partial charge in [-0.25, -0.2) is 9.59 Å². The summed E-state index contributed by atoms with van der Waals surface area (Å²) in [4.78, 5) is 22.3. The molecule has 25 heavy (non-hydrogen) atoms. The monoisotopic (exact) mass is 351 g/mol. The zero-order chi connectivity index (χ0) is 18.9. The highest BCUT2D eigenvalue weighted by Gasteiger charge is 2.15. The van der Waals surface area contributed by atoms with Gasteiger partial charge in [0.1, 0.15) is 5.60 Å². The Morgan fingerprint density at radius 2 is 1.96 bits per heavy atom. The standard InChI is InChI=1S/C18H25NO6/c1-5-23-14-10-6-8-13(16(14)24-12-15(20)21)9-7-11-19-17(22)25-18(2,3)4/h6-10H,5,11-12H2,1-4H3,(H,19,22)(H,20,21). The van der Waals surface area contributed by atoms with Crippen molar-refractivity contribution >= 4 is 18.1 Å². The third kappa shape index (κ3) is 8.10. The van der Waals surface area contributed by atoms with Crippen molar-refractivity contribution in [2.75, 3.05) is 19.8 Å². The fraction of sp³-hybridized carbons (Fsp3) is 0.444. The number of rotatable bonds is 8. The molecule has 138 valence electrons. The van der Waals surface area contributed by atoms with Gasteiger partial charge in [0.05, 0.1) is 6.61 Å². The summed E-state index contributed by atoms with van der Waals surface area (Å²) in [5, 5.41) is 11.4. The van der Waals surface area contributed by atoms with E-state index < -0.39 is 24.3 Å². The van der Waals surface area contributed by atoms with E-state index >= 15 is 0 Å². The second-order valence-electron chi connectivity index (χ2n) is 6.08. The molecule has 0 aliphatic heterocycles. The van der Waals surface area contributed by atoms with Crippen LogP contribution in [0.3, 0.4) is 0 Å². The van der Waals surface area contributed by atoms with Gasteiger partial charge in [-0.1, -0.05) is 24.3 Å². The number of hydrogen-bond acceptors (Lipinski definition) is 5. The third-order valence-electron chi connectivity index (χ3n) is 2.71. The summed E-state index contributed by atoms with van der Waals surface area (Å²) in [6.45, 7) is 7.40. The Morgan fingerprint density at radius 1 is 1.24 bits per heavy atom. The Bertz CT molecular complexity index is 618. The smallest absolute Gasteiger partial charge is 0.407 e. The molecule has 7 nitrogen and oxygen atoms in total. The van der Waals surface area contributed by atoms with Gasteiger partial charge in [-0.15, -0.1) is 0 Å². The van der Waals surface area contributed by atoms with Crippen LogP contribution in [0.15, 0.2) is 24.3 Å². The minimum Gasteiger partial charge on any atom is -0.490 e. The Kier molecular flexibility index (Phi) is 7.78. The van der Waals surface area contributed by atoms with Gasteiger partial charge in [-0.05, 0) is 33.8 Å². The minimum absolute atomic E-state index is 0.256. The zero-order valence-electron chi connectivity index (χ0n) is 15.0. The molecule has 2 N–H and O–H groups in total. The second kappa shape index (κ2) is 9.56. The van der Waals surface area contributed by atoms with Crippen molar-refractivity contribution in [2.45, 2.75) is 33.3 Å². The fourth-order valence-electron chi connectivity index (χ4n) is 1.86. The first-order valence-corrected chi connectivity index (χ1v) is 7.96. The van der Waals surface area contributed by atoms with Crippen LogP contribution in [0, 0.1) is 0 Å². The van der Waals surface area contributed by atoms with Gasteiger partial charge in [0.15, 0.2) is 18.1 Å². The first-order valence-electron chi connectivity index (χ1n) is 7.96. The van der Waals surface area contributed by atoms with E-state index in [-0.39, 0.29) is 6.54 Å². The van der Waals surface area contributed by atoms with E-state index in [1.807, 2.05) is 6.92 Å². The van der Waals surface area contributed by atoms with E-state index in [1.165, 1.54) is 0 Å². The lowest BCUT2D eigenvalue weighted by molar-refractivity contribution is -0.139. The summed E-state index contributed by atoms with van der Waals surface area (Å²) in [5.41, 5.74) is 0.0930. The first-order chi connectivity index (χ1) is 11.7. The number of carbonyl (C=O) groups excluding carboxylic acids is 1. The molecular weight excluding hydrogens is 326 g/mol. The number of nitrogens with one attached hydrogen (secondary N) is 1. The van der Waals surface area contributed by atoms with Gasteiger partial charge in [0.2, 0.25) is 0 Å². The van der Waals surface area contributed by atoms with Crippen molar-refractivity contribution < 1.29 is 28.9 Å². The summed E-state index contributed by atoms with van der Waals surface area (Å²) in [6, 6.07) is 5.25. The van der Waals surface area contributed by atoms with E-state index in [1.54, 1.807) is 51.1 Å². The molecule has 0 atom stereocenters. The average Bonchev–Trinajstić information content (AvgIpc) is 2.49. The topological polar surface area (TPSA) is 94.1 Å². The number of ether oxygens (including phenoxy) is 3. The maximum Gasteiger partial charge on any atom is 0.407 e. The predicted molar refractivity (Wildman–Crippen MR) is 94.0 cm³/mol. The summed E-state index contributed by atoms with van der Waals surface area (Å²) >= 11 is 0. The lowest BCUT2D eigenvalue weighted by atomic mass is 10.1. The van der Waals surface area contributed by atoms with Gasteiger partial charge in [-0.3, -0.25) is 0 Å². The van der Waals surface area contributed by atoms with Crippen LogP contribution < -0.4 is 14.8 Å². The molecule has 1 rings (SSSR count). The van der Waals surface area contributed by atoms with Gasteiger partial charge in [-0.2, -0.15) is 0 Å². The summed E-state index contributed by atoms with van der Waals surface area (Å²) < 4.78 is 15.9. The van der Waals surface area contributed by atoms with Gasteiger partial charge in [0.25, 0.3) is 0 Å². The maximum absolute atomic E-state index is 11.6. The van der Waals surface area contributed by atoms with Crippen LogP contribution in [0.2, 0.25) is 0 Å². The molecule has 0 radical (unpaired) electrons. The number of carboxylic acid groups (broad SMARTS) is 1. The third-order valence-corrected chi connectivity index (χ3v) is 2.71. The molecule has 0 aliphatic carbocycles. The van der Waals surface area contributed by atoms with Gasteiger partial charge in [0, 0.05) is 12.1 Å². The van der Waals surface area contributed by atoms with Gasteiger partial charge >= 0.3 is 12.1 Å². The lowest BCUT2D eigenvalue weighted by Crippen LogP contribution is -2.32. The van der Waals surface area contributed by atoms with E-state index in [9.17, 15) is 9.59 Å². The molecule has 0 spiro atoms. The van der Waals surface area contributed by atoms with Crippen molar-refractivity contribution in [1.29, 1.82) is 0 Å². The Balaban J connectivity index is 2.77. The molecule has 0 saturated carbocycles. The number of amides is 1. The summed E-state index contributed by atoms with van der Waals surface area (Å²) in [5.74, 6) is -0.265. The molecule has 0 heterocycles. The van der Waals surface area contributed by atoms with E-state index in [4.69, 9.17) is 19.3 Å². The van der Waals surface area contributed by atoms with Crippen LogP contribution >= 0.6 is 0 Å². The zero-order valence-corrected chi connectivity index (χ0v) is 15.0. The highest BCUT2D eigenvalue weighted by atomic mass is 16.6. The van der Waals surface area contributed by atoms with Crippen molar-refractivity contribution in [3.8, 4) is 11.5 Å². The number of alkyl carbamates (subject to hydrolysis) is 1. The first kappa shape index (κ1) is 20.3. The second-order valence-corrected chi connectivity index (χ2v) is 6.08. The highest BCUT2D eigenvalue weighted by molar-refractivity contribution is 5.70. The van der Waals surface area contributed by atoms with Crippen LogP contribution in [0.25, 0.3) is 6.08 Å². The molecule has 0 fully saturated rings. The van der Waals surface area contributed by atoms with Crippen LogP contribution in [0.1, 0.15) is 33.3 Å². The molecular formula is C18H25NO6. The van der Waals surface area contributed by atoms with E-state index in [0.717, 1.165) is 0 Å². The molecule has 1 amide bonds. The normalized spacial score (nSPS) is 11.2. The number of hydrogen-bond donors (Lipinski definition) is 2. The van der Waals surface area contributed by atoms with Crippen molar-refractivity contribution in [3.63, 3.8) is 0 Å². The largest absolute Gasteiger partial charge is 0.490 e. The number of aliphatic carboxylic acids is 1. The van der Waals surface area contributed by atoms with Gasteiger partial charge < -0.3 is 24.6 Å². The summed E-state index contributed by atoms with van der Waals surface area (Å²) in [6.07, 6.45) is 2.92.